The van der Waals surface area contributed by atoms with E-state index < -0.39 is 0 Å². The summed E-state index contributed by atoms with van der Waals surface area (Å²) in [6, 6.07) is 28.5. The van der Waals surface area contributed by atoms with Crippen LogP contribution in [0.4, 0.5) is 0 Å². The molecule has 1 heteroatoms. The highest BCUT2D eigenvalue weighted by atomic mass is 14.7. The van der Waals surface area contributed by atoms with Crippen molar-refractivity contribution in [3.05, 3.63) is 84.4 Å². The molecule has 1 aliphatic rings. The molecular formula is C21H19N. The molecule has 0 radical (unpaired) electrons. The molecule has 0 aromatic heterocycles. The lowest BCUT2D eigenvalue weighted by molar-refractivity contribution is 0.991. The normalized spacial score (nSPS) is 19.9. The Morgan fingerprint density at radius 2 is 1.00 bits per heavy atom. The van der Waals surface area contributed by atoms with Gasteiger partial charge in [-0.15, -0.1) is 0 Å². The van der Waals surface area contributed by atoms with Gasteiger partial charge < -0.3 is 5.73 Å². The zero-order valence-corrected chi connectivity index (χ0v) is 12.4. The van der Waals surface area contributed by atoms with Gasteiger partial charge in [0.15, 0.2) is 0 Å². The van der Waals surface area contributed by atoms with Gasteiger partial charge in [0.25, 0.3) is 0 Å². The molecule has 0 saturated heterocycles. The van der Waals surface area contributed by atoms with Gasteiger partial charge in [-0.25, -0.2) is 0 Å². The summed E-state index contributed by atoms with van der Waals surface area (Å²) in [6.45, 7) is 0. The van der Waals surface area contributed by atoms with E-state index in [9.17, 15) is 0 Å². The van der Waals surface area contributed by atoms with E-state index in [0.717, 1.165) is 6.42 Å². The Hall–Kier alpha value is -2.38. The van der Waals surface area contributed by atoms with E-state index in [-0.39, 0.29) is 0 Å². The van der Waals surface area contributed by atoms with Crippen molar-refractivity contribution in [3.63, 3.8) is 0 Å². The number of benzene rings is 3. The van der Waals surface area contributed by atoms with Gasteiger partial charge in [0.2, 0.25) is 0 Å². The lowest BCUT2D eigenvalue weighted by Crippen LogP contribution is -2.00. The standard InChI is InChI=1S/C21H19N/c22-21-14-20(21)19-12-10-18(11-13-19)17-8-6-16(7-9-17)15-4-2-1-3-5-15/h1-13,20-21H,14,22H2/t20-,21+/m1/s1. The minimum atomic E-state index is 0.371. The van der Waals surface area contributed by atoms with Gasteiger partial charge in [-0.1, -0.05) is 78.9 Å². The Kier molecular flexibility index (Phi) is 3.28. The van der Waals surface area contributed by atoms with Crippen molar-refractivity contribution in [3.8, 4) is 22.3 Å². The van der Waals surface area contributed by atoms with Crippen LogP contribution in [-0.4, -0.2) is 6.04 Å². The minimum Gasteiger partial charge on any atom is -0.327 e. The van der Waals surface area contributed by atoms with Crippen LogP contribution in [0.2, 0.25) is 0 Å². The molecule has 0 spiro atoms. The average Bonchev–Trinajstić information content (AvgIpc) is 3.33. The Morgan fingerprint density at radius 1 is 0.591 bits per heavy atom. The summed E-state index contributed by atoms with van der Waals surface area (Å²) in [7, 11) is 0. The van der Waals surface area contributed by atoms with Gasteiger partial charge >= 0.3 is 0 Å². The Bertz CT molecular complexity index is 757. The van der Waals surface area contributed by atoms with Gasteiger partial charge in [0.05, 0.1) is 0 Å². The number of nitrogens with two attached hydrogens (primary N) is 1. The Morgan fingerprint density at radius 3 is 1.45 bits per heavy atom. The monoisotopic (exact) mass is 285 g/mol. The van der Waals surface area contributed by atoms with Crippen LogP contribution in [0.5, 0.6) is 0 Å². The summed E-state index contributed by atoms with van der Waals surface area (Å²) in [4.78, 5) is 0. The van der Waals surface area contributed by atoms with E-state index in [1.54, 1.807) is 0 Å². The smallest absolute Gasteiger partial charge is 0.0115 e. The van der Waals surface area contributed by atoms with Gasteiger partial charge in [-0.2, -0.15) is 0 Å². The van der Waals surface area contributed by atoms with E-state index >= 15 is 0 Å². The molecule has 0 amide bonds. The van der Waals surface area contributed by atoms with Crippen LogP contribution in [-0.2, 0) is 0 Å². The maximum absolute atomic E-state index is 5.92. The van der Waals surface area contributed by atoms with E-state index in [1.165, 1.54) is 27.8 Å². The molecule has 2 atom stereocenters. The molecular weight excluding hydrogens is 266 g/mol. The van der Waals surface area contributed by atoms with Crippen molar-refractivity contribution in [1.29, 1.82) is 0 Å². The van der Waals surface area contributed by atoms with Crippen LogP contribution in [0.3, 0.4) is 0 Å². The van der Waals surface area contributed by atoms with E-state index in [4.69, 9.17) is 5.73 Å². The molecule has 1 aliphatic carbocycles. The van der Waals surface area contributed by atoms with E-state index in [2.05, 4.69) is 72.8 Å². The predicted molar refractivity (Wildman–Crippen MR) is 92.6 cm³/mol. The first-order chi connectivity index (χ1) is 10.8. The van der Waals surface area contributed by atoms with Crippen LogP contribution in [0.25, 0.3) is 22.3 Å². The van der Waals surface area contributed by atoms with Crippen molar-refractivity contribution in [2.75, 3.05) is 0 Å². The maximum atomic E-state index is 5.92. The molecule has 108 valence electrons. The van der Waals surface area contributed by atoms with Crippen LogP contribution < -0.4 is 5.73 Å². The highest BCUT2D eigenvalue weighted by Gasteiger charge is 2.34. The number of rotatable bonds is 3. The molecule has 0 aliphatic heterocycles. The van der Waals surface area contributed by atoms with Crippen LogP contribution in [0, 0.1) is 0 Å². The summed E-state index contributed by atoms with van der Waals surface area (Å²) < 4.78 is 0. The SMILES string of the molecule is N[C@H]1C[C@@H]1c1ccc(-c2ccc(-c3ccccc3)cc2)cc1. The number of hydrogen-bond acceptors (Lipinski definition) is 1. The van der Waals surface area contributed by atoms with Crippen molar-refractivity contribution in [1.82, 2.24) is 0 Å². The first kappa shape index (κ1) is 13.3. The fourth-order valence-corrected chi connectivity index (χ4v) is 3.01. The van der Waals surface area contributed by atoms with Crippen LogP contribution in [0.1, 0.15) is 17.9 Å². The van der Waals surface area contributed by atoms with Gasteiger partial charge in [0.1, 0.15) is 0 Å². The van der Waals surface area contributed by atoms with Crippen molar-refractivity contribution >= 4 is 0 Å². The van der Waals surface area contributed by atoms with Crippen molar-refractivity contribution in [2.45, 2.75) is 18.4 Å². The molecule has 0 heterocycles. The summed E-state index contributed by atoms with van der Waals surface area (Å²) in [5, 5.41) is 0. The molecule has 1 nitrogen and oxygen atoms in total. The molecule has 3 aromatic rings. The summed E-state index contributed by atoms with van der Waals surface area (Å²) in [5.74, 6) is 0.578. The second-order valence-corrected chi connectivity index (χ2v) is 6.07. The molecule has 4 rings (SSSR count). The maximum Gasteiger partial charge on any atom is 0.0115 e. The van der Waals surface area contributed by atoms with Gasteiger partial charge in [-0.3, -0.25) is 0 Å². The molecule has 3 aromatic carbocycles. The molecule has 0 bridgehead atoms. The zero-order valence-electron chi connectivity index (χ0n) is 12.4. The first-order valence-corrected chi connectivity index (χ1v) is 7.83. The van der Waals surface area contributed by atoms with Crippen molar-refractivity contribution < 1.29 is 0 Å². The average molecular weight is 285 g/mol. The highest BCUT2D eigenvalue weighted by Crippen LogP contribution is 2.39. The van der Waals surface area contributed by atoms with Crippen molar-refractivity contribution in [2.24, 2.45) is 5.73 Å². The lowest BCUT2D eigenvalue weighted by atomic mass is 9.99. The summed E-state index contributed by atoms with van der Waals surface area (Å²) in [5.41, 5.74) is 12.3. The third kappa shape index (κ3) is 2.56. The molecule has 1 fully saturated rings. The fourth-order valence-electron chi connectivity index (χ4n) is 3.01. The van der Waals surface area contributed by atoms with Gasteiger partial charge in [0, 0.05) is 12.0 Å². The number of hydrogen-bond donors (Lipinski definition) is 1. The minimum absolute atomic E-state index is 0.371. The largest absolute Gasteiger partial charge is 0.327 e. The highest BCUT2D eigenvalue weighted by molar-refractivity contribution is 5.70. The van der Waals surface area contributed by atoms with E-state index in [0.29, 0.717) is 12.0 Å². The predicted octanol–water partition coefficient (Wildman–Crippen LogP) is 4.84. The quantitative estimate of drug-likeness (QED) is 0.732. The summed E-state index contributed by atoms with van der Waals surface area (Å²) >= 11 is 0. The Labute approximate surface area is 131 Å². The molecule has 2 N–H and O–H groups in total. The van der Waals surface area contributed by atoms with E-state index in [1.807, 2.05) is 6.07 Å². The van der Waals surface area contributed by atoms with Crippen LogP contribution in [0.15, 0.2) is 78.9 Å². The second kappa shape index (κ2) is 5.43. The molecule has 1 saturated carbocycles. The zero-order chi connectivity index (χ0) is 14.9. The van der Waals surface area contributed by atoms with Crippen LogP contribution >= 0.6 is 0 Å². The third-order valence-corrected chi connectivity index (χ3v) is 4.50. The third-order valence-electron chi connectivity index (χ3n) is 4.50. The fraction of sp³-hybridized carbons (Fsp3) is 0.143. The topological polar surface area (TPSA) is 26.0 Å². The Balaban J connectivity index is 1.58. The second-order valence-electron chi connectivity index (χ2n) is 6.07. The molecule has 0 unspecified atom stereocenters. The van der Waals surface area contributed by atoms with Gasteiger partial charge in [-0.05, 0) is 34.2 Å². The summed E-state index contributed by atoms with van der Waals surface area (Å²) in [6.07, 6.45) is 1.13. The lowest BCUT2D eigenvalue weighted by Gasteiger charge is -2.06. The first-order valence-electron chi connectivity index (χ1n) is 7.83. The molecule has 22 heavy (non-hydrogen) atoms.